The Balaban J connectivity index is 1.63. The Morgan fingerprint density at radius 2 is 1.96 bits per heavy atom. The van der Waals surface area contributed by atoms with E-state index >= 15 is 0 Å². The fourth-order valence-corrected chi connectivity index (χ4v) is 2.59. The summed E-state index contributed by atoms with van der Waals surface area (Å²) < 4.78 is 0. The predicted octanol–water partition coefficient (Wildman–Crippen LogP) is 3.58. The zero-order valence-corrected chi connectivity index (χ0v) is 13.1. The van der Waals surface area contributed by atoms with Gasteiger partial charge in [0.05, 0.1) is 16.6 Å². The van der Waals surface area contributed by atoms with Gasteiger partial charge in [-0.1, -0.05) is 12.1 Å². The molecule has 0 atom stereocenters. The number of pyridine rings is 1. The van der Waals surface area contributed by atoms with Gasteiger partial charge in [0.25, 0.3) is 5.91 Å². The summed E-state index contributed by atoms with van der Waals surface area (Å²) >= 11 is 0. The first-order valence-corrected chi connectivity index (χ1v) is 7.70. The molecule has 1 amide bonds. The number of phenols is 1. The number of imidazole rings is 1. The molecule has 6 nitrogen and oxygen atoms in total. The quantitative estimate of drug-likeness (QED) is 0.535. The molecule has 0 saturated heterocycles. The highest BCUT2D eigenvalue weighted by Gasteiger charge is 2.11. The number of phenolic OH excluding ortho intramolecular Hbond substituents is 1. The van der Waals surface area contributed by atoms with Gasteiger partial charge in [0.15, 0.2) is 0 Å². The van der Waals surface area contributed by atoms with Crippen molar-refractivity contribution in [3.8, 4) is 17.1 Å². The SMILES string of the molecule is O=C(Nc1ccc2nc(-c3cccnc3)[nH]c2c1)c1ccccc1O. The molecular formula is C19H14N4O2. The molecular weight excluding hydrogens is 316 g/mol. The van der Waals surface area contributed by atoms with Crippen LogP contribution < -0.4 is 5.32 Å². The number of aromatic nitrogens is 3. The normalized spacial score (nSPS) is 10.7. The van der Waals surface area contributed by atoms with Crippen LogP contribution in [0.5, 0.6) is 5.75 Å². The number of carbonyl (C=O) groups excluding carboxylic acids is 1. The second-order valence-electron chi connectivity index (χ2n) is 5.53. The highest BCUT2D eigenvalue weighted by atomic mass is 16.3. The molecule has 122 valence electrons. The van der Waals surface area contributed by atoms with Crippen LogP contribution in [-0.4, -0.2) is 26.0 Å². The standard InChI is InChI=1S/C19H14N4O2/c24-17-6-2-1-5-14(17)19(25)21-13-7-8-15-16(10-13)23-18(22-15)12-4-3-9-20-11-12/h1-11,24H,(H,21,25)(H,22,23). The Morgan fingerprint density at radius 3 is 2.76 bits per heavy atom. The summed E-state index contributed by atoms with van der Waals surface area (Å²) in [5.74, 6) is 0.290. The van der Waals surface area contributed by atoms with Gasteiger partial charge in [0.2, 0.25) is 0 Å². The number of aromatic hydroxyl groups is 1. The minimum atomic E-state index is -0.371. The van der Waals surface area contributed by atoms with Crippen molar-refractivity contribution in [2.45, 2.75) is 0 Å². The molecule has 25 heavy (non-hydrogen) atoms. The summed E-state index contributed by atoms with van der Waals surface area (Å²) in [6.45, 7) is 0. The maximum Gasteiger partial charge on any atom is 0.259 e. The first-order valence-electron chi connectivity index (χ1n) is 7.70. The van der Waals surface area contributed by atoms with Crippen LogP contribution in [0.25, 0.3) is 22.4 Å². The third kappa shape index (κ3) is 2.92. The number of H-pyrrole nitrogens is 1. The summed E-state index contributed by atoms with van der Waals surface area (Å²) in [4.78, 5) is 24.1. The van der Waals surface area contributed by atoms with Gasteiger partial charge in [-0.25, -0.2) is 4.98 Å². The first kappa shape index (κ1) is 14.9. The van der Waals surface area contributed by atoms with Crippen LogP contribution in [0, 0.1) is 0 Å². The van der Waals surface area contributed by atoms with E-state index in [1.165, 1.54) is 6.07 Å². The molecule has 0 aliphatic carbocycles. The minimum absolute atomic E-state index is 0.0542. The fourth-order valence-electron chi connectivity index (χ4n) is 2.59. The maximum atomic E-state index is 12.3. The lowest BCUT2D eigenvalue weighted by Gasteiger charge is -2.06. The number of nitrogens with one attached hydrogen (secondary N) is 2. The van der Waals surface area contributed by atoms with Crippen molar-refractivity contribution in [2.24, 2.45) is 0 Å². The number of anilines is 1. The molecule has 0 aliphatic heterocycles. The van der Waals surface area contributed by atoms with Crippen molar-refractivity contribution in [1.29, 1.82) is 0 Å². The number of benzene rings is 2. The Labute approximate surface area is 143 Å². The number of fused-ring (bicyclic) bond motifs is 1. The molecule has 2 aromatic carbocycles. The Hall–Kier alpha value is -3.67. The molecule has 2 heterocycles. The van der Waals surface area contributed by atoms with Crippen LogP contribution in [0.15, 0.2) is 67.0 Å². The molecule has 0 bridgehead atoms. The highest BCUT2D eigenvalue weighted by molar-refractivity contribution is 6.06. The van der Waals surface area contributed by atoms with Gasteiger partial charge in [0, 0.05) is 23.6 Å². The van der Waals surface area contributed by atoms with E-state index in [4.69, 9.17) is 0 Å². The predicted molar refractivity (Wildman–Crippen MR) is 95.4 cm³/mol. The highest BCUT2D eigenvalue weighted by Crippen LogP contribution is 2.23. The zero-order chi connectivity index (χ0) is 17.2. The van der Waals surface area contributed by atoms with Gasteiger partial charge in [-0.15, -0.1) is 0 Å². The number of amides is 1. The van der Waals surface area contributed by atoms with Gasteiger partial charge in [-0.2, -0.15) is 0 Å². The number of hydrogen-bond donors (Lipinski definition) is 3. The van der Waals surface area contributed by atoms with E-state index in [1.54, 1.807) is 42.7 Å². The number of aromatic amines is 1. The van der Waals surface area contributed by atoms with Gasteiger partial charge in [-0.05, 0) is 42.5 Å². The summed E-state index contributed by atoms with van der Waals surface area (Å²) in [7, 11) is 0. The average Bonchev–Trinajstić information content (AvgIpc) is 3.06. The van der Waals surface area contributed by atoms with Gasteiger partial charge in [0.1, 0.15) is 11.6 Å². The Morgan fingerprint density at radius 1 is 1.08 bits per heavy atom. The number of carbonyl (C=O) groups is 1. The van der Waals surface area contributed by atoms with E-state index < -0.39 is 0 Å². The lowest BCUT2D eigenvalue weighted by Crippen LogP contribution is -2.11. The van der Waals surface area contributed by atoms with Gasteiger partial charge < -0.3 is 15.4 Å². The van der Waals surface area contributed by atoms with Crippen LogP contribution in [0.3, 0.4) is 0 Å². The third-order valence-electron chi connectivity index (χ3n) is 3.82. The van der Waals surface area contributed by atoms with Crippen molar-refractivity contribution in [1.82, 2.24) is 15.0 Å². The van der Waals surface area contributed by atoms with Crippen LogP contribution in [0.4, 0.5) is 5.69 Å². The molecule has 0 radical (unpaired) electrons. The van der Waals surface area contributed by atoms with Crippen LogP contribution in [-0.2, 0) is 0 Å². The smallest absolute Gasteiger partial charge is 0.259 e. The summed E-state index contributed by atoms with van der Waals surface area (Å²) in [5.41, 5.74) is 3.32. The number of nitrogens with zero attached hydrogens (tertiary/aromatic N) is 2. The van der Waals surface area contributed by atoms with Crippen molar-refractivity contribution in [3.05, 3.63) is 72.6 Å². The van der Waals surface area contributed by atoms with Gasteiger partial charge in [-0.3, -0.25) is 9.78 Å². The van der Waals surface area contributed by atoms with Gasteiger partial charge >= 0.3 is 0 Å². The molecule has 0 unspecified atom stereocenters. The lowest BCUT2D eigenvalue weighted by atomic mass is 10.2. The van der Waals surface area contributed by atoms with E-state index in [0.717, 1.165) is 16.6 Å². The van der Waals surface area contributed by atoms with E-state index in [0.29, 0.717) is 11.5 Å². The lowest BCUT2D eigenvalue weighted by molar-refractivity contribution is 0.102. The second-order valence-corrected chi connectivity index (χ2v) is 5.53. The molecule has 4 aromatic rings. The summed E-state index contributed by atoms with van der Waals surface area (Å²) in [5, 5.41) is 12.6. The minimum Gasteiger partial charge on any atom is -0.507 e. The first-order chi connectivity index (χ1) is 12.2. The topological polar surface area (TPSA) is 90.9 Å². The summed E-state index contributed by atoms with van der Waals surface area (Å²) in [6, 6.07) is 15.6. The molecule has 0 spiro atoms. The molecule has 0 saturated carbocycles. The average molecular weight is 330 g/mol. The third-order valence-corrected chi connectivity index (χ3v) is 3.82. The van der Waals surface area contributed by atoms with E-state index in [9.17, 15) is 9.90 Å². The van der Waals surface area contributed by atoms with Crippen molar-refractivity contribution in [2.75, 3.05) is 5.32 Å². The monoisotopic (exact) mass is 330 g/mol. The van der Waals surface area contributed by atoms with Crippen molar-refractivity contribution >= 4 is 22.6 Å². The van der Waals surface area contributed by atoms with E-state index in [2.05, 4.69) is 20.3 Å². The zero-order valence-electron chi connectivity index (χ0n) is 13.1. The molecule has 6 heteroatoms. The van der Waals surface area contributed by atoms with Crippen LogP contribution in [0.1, 0.15) is 10.4 Å². The molecule has 0 fully saturated rings. The second kappa shape index (κ2) is 6.09. The molecule has 2 aromatic heterocycles. The van der Waals surface area contributed by atoms with Crippen molar-refractivity contribution in [3.63, 3.8) is 0 Å². The Bertz CT molecular complexity index is 1060. The molecule has 4 rings (SSSR count). The summed E-state index contributed by atoms with van der Waals surface area (Å²) in [6.07, 6.45) is 3.44. The van der Waals surface area contributed by atoms with Crippen LogP contribution in [0.2, 0.25) is 0 Å². The Kier molecular flexibility index (Phi) is 3.63. The van der Waals surface area contributed by atoms with E-state index in [-0.39, 0.29) is 17.2 Å². The van der Waals surface area contributed by atoms with Crippen molar-refractivity contribution < 1.29 is 9.90 Å². The van der Waals surface area contributed by atoms with Crippen LogP contribution >= 0.6 is 0 Å². The van der Waals surface area contributed by atoms with E-state index in [1.807, 2.05) is 18.2 Å². The fraction of sp³-hybridized carbons (Fsp3) is 0. The molecule has 0 aliphatic rings. The number of rotatable bonds is 3. The molecule has 3 N–H and O–H groups in total. The number of hydrogen-bond acceptors (Lipinski definition) is 4. The largest absolute Gasteiger partial charge is 0.507 e. The maximum absolute atomic E-state index is 12.3. The number of para-hydroxylation sites is 1.